The average Bonchev–Trinajstić information content (AvgIpc) is 0.686. The van der Waals surface area contributed by atoms with E-state index in [4.69, 9.17) is 0 Å². The molecular formula is C97H76B2N4S. The summed E-state index contributed by atoms with van der Waals surface area (Å²) in [6, 6.07) is 124. The van der Waals surface area contributed by atoms with Crippen LogP contribution >= 0.6 is 11.8 Å². The molecule has 2 saturated heterocycles. The van der Waals surface area contributed by atoms with E-state index in [0.29, 0.717) is 12.1 Å². The van der Waals surface area contributed by atoms with E-state index in [0.717, 1.165) is 23.2 Å². The minimum atomic E-state index is -0.220. The van der Waals surface area contributed by atoms with Gasteiger partial charge in [-0.25, -0.2) is 0 Å². The van der Waals surface area contributed by atoms with E-state index in [1.165, 1.54) is 192 Å². The summed E-state index contributed by atoms with van der Waals surface area (Å²) >= 11 is 2.02. The molecule has 0 spiro atoms. The monoisotopic (exact) mass is 1350 g/mol. The molecule has 0 unspecified atom stereocenters. The molecule has 14 aromatic carbocycles. The smallest absolute Gasteiger partial charge is 0.252 e. The summed E-state index contributed by atoms with van der Waals surface area (Å²) in [5, 5.41) is 0. The quantitative estimate of drug-likeness (QED) is 0.126. The van der Waals surface area contributed by atoms with Crippen LogP contribution in [0, 0.1) is 11.8 Å². The molecule has 8 aliphatic rings. The molecule has 14 aromatic rings. The summed E-state index contributed by atoms with van der Waals surface area (Å²) in [7, 11) is 0. The molecular weight excluding hydrogens is 1270 g/mol. The van der Waals surface area contributed by atoms with Crippen LogP contribution in [0.5, 0.6) is 0 Å². The third-order valence-corrected chi connectivity index (χ3v) is 25.2. The van der Waals surface area contributed by atoms with Gasteiger partial charge in [0, 0.05) is 89.6 Å². The van der Waals surface area contributed by atoms with Gasteiger partial charge < -0.3 is 19.6 Å². The Morgan fingerprint density at radius 1 is 0.288 bits per heavy atom. The number of benzene rings is 14. The molecule has 6 heterocycles. The van der Waals surface area contributed by atoms with Gasteiger partial charge in [0.1, 0.15) is 0 Å². The van der Waals surface area contributed by atoms with E-state index in [1.807, 2.05) is 11.8 Å². The van der Waals surface area contributed by atoms with Crippen LogP contribution in [0.3, 0.4) is 0 Å². The fourth-order valence-corrected chi connectivity index (χ4v) is 20.9. The topological polar surface area (TPSA) is 13.0 Å². The van der Waals surface area contributed by atoms with Crippen molar-refractivity contribution in [3.05, 3.63) is 327 Å². The highest BCUT2D eigenvalue weighted by Gasteiger charge is 2.51. The Hall–Kier alpha value is -11.2. The zero-order valence-corrected chi connectivity index (χ0v) is 59.6. The molecule has 4 nitrogen and oxygen atoms in total. The largest absolute Gasteiger partial charge is 0.365 e. The lowest BCUT2D eigenvalue weighted by atomic mass is 9.31. The SMILES string of the molecule is CC(C)(C)c1cc2c3c(c1)N(c1c(-c4ccccc4)cc(-c4ccccc4)cc1-c1ccccc1)c1ccccc1B3c1cc3c(cc1N2c1ccccc1)Sc1cc(N2C4CC5CC(C4)CC2C5)cc2c1B3c1ccccc1N2c1c(-c2ccccc2)cc(-c2ccccc2)cc1-c1ccccc1. The molecule has 0 atom stereocenters. The predicted octanol–water partition coefficient (Wildman–Crippen LogP) is 21.6. The summed E-state index contributed by atoms with van der Waals surface area (Å²) in [5.41, 5.74) is 35.6. The fraction of sp³-hybridized carbons (Fsp3) is 0.134. The zero-order chi connectivity index (χ0) is 68.9. The minimum absolute atomic E-state index is 0.0878. The molecule has 0 aromatic heterocycles. The summed E-state index contributed by atoms with van der Waals surface area (Å²) in [4.78, 5) is 13.7. The van der Waals surface area contributed by atoms with Gasteiger partial charge in [0.05, 0.1) is 11.4 Å². The zero-order valence-electron chi connectivity index (χ0n) is 58.8. The molecule has 2 saturated carbocycles. The Balaban J connectivity index is 0.835. The van der Waals surface area contributed by atoms with Gasteiger partial charge in [-0.2, -0.15) is 0 Å². The van der Waals surface area contributed by atoms with Gasteiger partial charge >= 0.3 is 0 Å². The first kappa shape index (κ1) is 61.4. The Morgan fingerprint density at radius 2 is 0.673 bits per heavy atom. The number of para-hydroxylation sites is 3. The van der Waals surface area contributed by atoms with Crippen molar-refractivity contribution in [1.29, 1.82) is 0 Å². The summed E-state index contributed by atoms with van der Waals surface area (Å²) in [6.45, 7) is 6.95. The highest BCUT2D eigenvalue weighted by atomic mass is 32.2. The van der Waals surface area contributed by atoms with Gasteiger partial charge in [-0.1, -0.05) is 281 Å². The summed E-state index contributed by atoms with van der Waals surface area (Å²) < 4.78 is 0. The van der Waals surface area contributed by atoms with Crippen molar-refractivity contribution in [2.24, 2.45) is 11.8 Å². The van der Waals surface area contributed by atoms with Crippen molar-refractivity contribution in [2.45, 2.75) is 80.2 Å². The van der Waals surface area contributed by atoms with Crippen LogP contribution in [0.1, 0.15) is 58.4 Å². The van der Waals surface area contributed by atoms with Gasteiger partial charge in [0.2, 0.25) is 6.71 Å². The van der Waals surface area contributed by atoms with E-state index >= 15 is 0 Å². The van der Waals surface area contributed by atoms with E-state index in [9.17, 15) is 0 Å². The average molecular weight is 1350 g/mol. The number of anilines is 10. The third kappa shape index (κ3) is 9.83. The lowest BCUT2D eigenvalue weighted by Crippen LogP contribution is -2.64. The van der Waals surface area contributed by atoms with Gasteiger partial charge in [-0.15, -0.1) is 0 Å². The van der Waals surface area contributed by atoms with E-state index in [-0.39, 0.29) is 18.8 Å². The Kier molecular flexibility index (Phi) is 14.3. The van der Waals surface area contributed by atoms with Gasteiger partial charge in [-0.3, -0.25) is 0 Å². The number of nitrogens with zero attached hydrogens (tertiary/aromatic N) is 4. The first-order chi connectivity index (χ1) is 51.2. The number of hydrogen-bond acceptors (Lipinski definition) is 5. The molecule has 6 aliphatic heterocycles. The predicted molar refractivity (Wildman–Crippen MR) is 442 cm³/mol. The van der Waals surface area contributed by atoms with E-state index < -0.39 is 0 Å². The van der Waals surface area contributed by atoms with Crippen LogP contribution in [0.15, 0.2) is 331 Å². The van der Waals surface area contributed by atoms with Crippen molar-refractivity contribution in [3.8, 4) is 66.8 Å². The van der Waals surface area contributed by atoms with Crippen LogP contribution in [0.4, 0.5) is 56.9 Å². The molecule has 0 amide bonds. The molecule has 496 valence electrons. The second-order valence-electron chi connectivity index (χ2n) is 31.1. The molecule has 104 heavy (non-hydrogen) atoms. The molecule has 22 rings (SSSR count). The first-order valence-corrected chi connectivity index (χ1v) is 38.3. The maximum Gasteiger partial charge on any atom is 0.252 e. The molecule has 7 heteroatoms. The van der Waals surface area contributed by atoms with Crippen LogP contribution in [0.25, 0.3) is 66.8 Å². The highest BCUT2D eigenvalue weighted by molar-refractivity contribution is 8.00. The number of hydrogen-bond donors (Lipinski definition) is 0. The second-order valence-corrected chi connectivity index (χ2v) is 32.2. The summed E-state index contributed by atoms with van der Waals surface area (Å²) in [5.74, 6) is 1.65. The molecule has 0 N–H and O–H groups in total. The normalized spacial score (nSPS) is 17.6. The molecule has 0 radical (unpaired) electrons. The lowest BCUT2D eigenvalue weighted by Gasteiger charge is -2.57. The fourth-order valence-electron chi connectivity index (χ4n) is 19.7. The van der Waals surface area contributed by atoms with Crippen molar-refractivity contribution in [1.82, 2.24) is 0 Å². The van der Waals surface area contributed by atoms with Crippen LogP contribution in [-0.4, -0.2) is 25.5 Å². The summed E-state index contributed by atoms with van der Waals surface area (Å²) in [6.07, 6.45) is 6.55. The number of rotatable bonds is 10. The Bertz CT molecular complexity index is 5580. The Morgan fingerprint density at radius 3 is 1.12 bits per heavy atom. The molecule has 4 fully saturated rings. The van der Waals surface area contributed by atoms with E-state index in [2.05, 4.69) is 362 Å². The maximum atomic E-state index is 2.94. The number of fused-ring (bicyclic) bond motifs is 8. The van der Waals surface area contributed by atoms with Crippen molar-refractivity contribution in [2.75, 3.05) is 19.6 Å². The second kappa shape index (κ2) is 24.2. The number of piperidine rings is 2. The van der Waals surface area contributed by atoms with Crippen LogP contribution < -0.4 is 52.4 Å². The first-order valence-electron chi connectivity index (χ1n) is 37.5. The maximum absolute atomic E-state index is 2.94. The van der Waals surface area contributed by atoms with Crippen molar-refractivity contribution in [3.63, 3.8) is 0 Å². The standard InChI is InChI=1S/C97H76B2N4S/c1-97(2,3)72-56-88-93-89(57-72)102(95-77(66-33-15-6-16-34-66)52-70(64-29-11-4-12-30-64)53-78(95)67-35-17-7-18-36-67)85-45-27-25-43-81(85)98(93)83-60-84-91(61-87(83)101(88)73-41-23-10-24-42-73)104-92-59-76(100-74-48-62-47-63(50-74)51-75(100)49-62)58-90-94(92)99(84)82-44-26-28-46-86(82)103(90)96-79(68-37-19-8-20-38-68)54-71(65-31-13-5-14-32-65)55-80(96)69-39-21-9-22-40-69/h4-46,52-63,74-75H,47-51H2,1-3H3. The Labute approximate surface area is 616 Å². The lowest BCUT2D eigenvalue weighted by molar-refractivity contribution is 0.0900. The van der Waals surface area contributed by atoms with Crippen molar-refractivity contribution >= 4 is 115 Å². The third-order valence-electron chi connectivity index (χ3n) is 24.0. The molecule has 2 aliphatic carbocycles. The van der Waals surface area contributed by atoms with Crippen molar-refractivity contribution < 1.29 is 0 Å². The van der Waals surface area contributed by atoms with Gasteiger partial charge in [0.25, 0.3) is 6.71 Å². The van der Waals surface area contributed by atoms with Gasteiger partial charge in [0.15, 0.2) is 0 Å². The van der Waals surface area contributed by atoms with Crippen LogP contribution in [0.2, 0.25) is 0 Å². The van der Waals surface area contributed by atoms with Gasteiger partial charge in [-0.05, 0) is 206 Å². The van der Waals surface area contributed by atoms with Crippen LogP contribution in [-0.2, 0) is 5.41 Å². The van der Waals surface area contributed by atoms with E-state index in [1.54, 1.807) is 0 Å². The minimum Gasteiger partial charge on any atom is -0.365 e. The highest BCUT2D eigenvalue weighted by Crippen LogP contribution is 2.57. The molecule has 4 bridgehead atoms.